The molecule has 0 radical (unpaired) electrons. The van der Waals surface area contributed by atoms with Gasteiger partial charge < -0.3 is 10.8 Å². The molecule has 104 valence electrons. The third-order valence-electron chi connectivity index (χ3n) is 5.72. The number of nitrogens with two attached hydrogens (primary N) is 1. The second-order valence-corrected chi connectivity index (χ2v) is 7.44. The van der Waals surface area contributed by atoms with Crippen molar-refractivity contribution in [1.29, 1.82) is 0 Å². The van der Waals surface area contributed by atoms with Crippen LogP contribution in [0.5, 0.6) is 0 Å². The highest BCUT2D eigenvalue weighted by atomic mass is 79.9. The summed E-state index contributed by atoms with van der Waals surface area (Å²) in [6.45, 7) is 2.54. The molecule has 2 aliphatic carbocycles. The van der Waals surface area contributed by atoms with Crippen LogP contribution in [0.4, 0.5) is 0 Å². The molecule has 0 heterocycles. The molecule has 2 aliphatic rings. The highest BCUT2D eigenvalue weighted by molar-refractivity contribution is 9.10. The van der Waals surface area contributed by atoms with Gasteiger partial charge in [0.05, 0.1) is 5.60 Å². The highest BCUT2D eigenvalue weighted by Gasteiger charge is 2.59. The maximum atomic E-state index is 11.3. The summed E-state index contributed by atoms with van der Waals surface area (Å²) in [4.78, 5) is 0. The van der Waals surface area contributed by atoms with E-state index < -0.39 is 5.60 Å². The molecule has 3 rings (SSSR count). The Morgan fingerprint density at radius 2 is 2.05 bits per heavy atom. The molecule has 0 saturated heterocycles. The number of rotatable bonds is 3. The zero-order valence-corrected chi connectivity index (χ0v) is 13.0. The molecule has 4 unspecified atom stereocenters. The number of hydrogen-bond acceptors (Lipinski definition) is 2. The van der Waals surface area contributed by atoms with E-state index in [1.54, 1.807) is 0 Å². The Morgan fingerprint density at radius 3 is 2.53 bits per heavy atom. The van der Waals surface area contributed by atoms with Crippen LogP contribution in [-0.4, -0.2) is 11.7 Å². The summed E-state index contributed by atoms with van der Waals surface area (Å²) in [5.74, 6) is 1.36. The van der Waals surface area contributed by atoms with Gasteiger partial charge in [0, 0.05) is 16.4 Å². The molecule has 1 aromatic rings. The predicted octanol–water partition coefficient (Wildman–Crippen LogP) is 3.42. The fraction of sp³-hybridized carbons (Fsp3) is 0.625. The van der Waals surface area contributed by atoms with Crippen LogP contribution in [0.15, 0.2) is 28.7 Å². The predicted molar refractivity (Wildman–Crippen MR) is 80.6 cm³/mol. The minimum atomic E-state index is -0.831. The Labute approximate surface area is 123 Å². The lowest BCUT2D eigenvalue weighted by molar-refractivity contribution is -0.103. The minimum absolute atomic E-state index is 0.135. The molecule has 1 aromatic carbocycles. The smallest absolute Gasteiger partial charge is 0.0939 e. The summed E-state index contributed by atoms with van der Waals surface area (Å²) in [7, 11) is 0. The largest absolute Gasteiger partial charge is 0.385 e. The molecule has 2 bridgehead atoms. The van der Waals surface area contributed by atoms with Crippen molar-refractivity contribution in [3.8, 4) is 0 Å². The van der Waals surface area contributed by atoms with E-state index in [4.69, 9.17) is 5.73 Å². The lowest BCUT2D eigenvalue weighted by Crippen LogP contribution is -2.51. The first-order valence-corrected chi connectivity index (χ1v) is 7.97. The van der Waals surface area contributed by atoms with E-state index in [-0.39, 0.29) is 5.41 Å². The van der Waals surface area contributed by atoms with Crippen molar-refractivity contribution in [2.75, 3.05) is 6.54 Å². The zero-order chi connectivity index (χ0) is 13.7. The number of benzene rings is 1. The van der Waals surface area contributed by atoms with Gasteiger partial charge in [-0.2, -0.15) is 0 Å². The standard InChI is InChI=1S/C16H22BrNO/c1-15(19,12-4-6-14(17)7-5-12)16(10-18)9-11-2-3-13(16)8-11/h4-7,11,13,19H,2-3,8-10,18H2,1H3. The molecule has 3 heteroatoms. The molecule has 0 aromatic heterocycles. The van der Waals surface area contributed by atoms with Gasteiger partial charge in [0.1, 0.15) is 0 Å². The van der Waals surface area contributed by atoms with E-state index >= 15 is 0 Å². The fourth-order valence-corrected chi connectivity index (χ4v) is 4.82. The quantitative estimate of drug-likeness (QED) is 0.895. The molecule has 19 heavy (non-hydrogen) atoms. The first kappa shape index (κ1) is 13.6. The van der Waals surface area contributed by atoms with Crippen molar-refractivity contribution in [2.24, 2.45) is 23.0 Å². The normalized spacial score (nSPS) is 36.4. The number of halogens is 1. The van der Waals surface area contributed by atoms with E-state index in [0.29, 0.717) is 12.5 Å². The van der Waals surface area contributed by atoms with Crippen LogP contribution >= 0.6 is 15.9 Å². The minimum Gasteiger partial charge on any atom is -0.385 e. The first-order valence-electron chi connectivity index (χ1n) is 7.18. The molecule has 0 amide bonds. The summed E-state index contributed by atoms with van der Waals surface area (Å²) in [5.41, 5.74) is 6.17. The summed E-state index contributed by atoms with van der Waals surface area (Å²) in [6.07, 6.45) is 4.89. The maximum absolute atomic E-state index is 11.3. The van der Waals surface area contributed by atoms with E-state index in [0.717, 1.165) is 22.4 Å². The second-order valence-electron chi connectivity index (χ2n) is 6.52. The van der Waals surface area contributed by atoms with Crippen LogP contribution in [0, 0.1) is 17.3 Å². The molecule has 0 spiro atoms. The van der Waals surface area contributed by atoms with Crippen LogP contribution in [0.25, 0.3) is 0 Å². The molecular weight excluding hydrogens is 302 g/mol. The van der Waals surface area contributed by atoms with Gasteiger partial charge in [-0.25, -0.2) is 0 Å². The Balaban J connectivity index is 2.00. The fourth-order valence-electron chi connectivity index (χ4n) is 4.55. The first-order chi connectivity index (χ1) is 8.99. The number of aliphatic hydroxyl groups is 1. The lowest BCUT2D eigenvalue weighted by atomic mass is 9.60. The Bertz CT molecular complexity index is 470. The number of fused-ring (bicyclic) bond motifs is 2. The van der Waals surface area contributed by atoms with Crippen molar-refractivity contribution in [3.05, 3.63) is 34.3 Å². The van der Waals surface area contributed by atoms with Gasteiger partial charge in [-0.15, -0.1) is 0 Å². The van der Waals surface area contributed by atoms with E-state index in [9.17, 15) is 5.11 Å². The second kappa shape index (κ2) is 4.57. The van der Waals surface area contributed by atoms with Crippen molar-refractivity contribution in [1.82, 2.24) is 0 Å². The maximum Gasteiger partial charge on any atom is 0.0939 e. The van der Waals surface area contributed by atoms with Crippen molar-refractivity contribution < 1.29 is 5.11 Å². The van der Waals surface area contributed by atoms with Crippen molar-refractivity contribution >= 4 is 15.9 Å². The van der Waals surface area contributed by atoms with Gasteiger partial charge in [0.15, 0.2) is 0 Å². The molecular formula is C16H22BrNO. The monoisotopic (exact) mass is 323 g/mol. The van der Waals surface area contributed by atoms with Crippen molar-refractivity contribution in [3.63, 3.8) is 0 Å². The lowest BCUT2D eigenvalue weighted by Gasteiger charge is -2.48. The third kappa shape index (κ3) is 1.90. The third-order valence-corrected chi connectivity index (χ3v) is 6.24. The van der Waals surface area contributed by atoms with Crippen LogP contribution in [0.2, 0.25) is 0 Å². The Kier molecular flexibility index (Phi) is 3.27. The summed E-state index contributed by atoms with van der Waals surface area (Å²) < 4.78 is 1.04. The summed E-state index contributed by atoms with van der Waals surface area (Å²) in [5, 5.41) is 11.3. The molecule has 2 fully saturated rings. The topological polar surface area (TPSA) is 46.2 Å². The highest BCUT2D eigenvalue weighted by Crippen LogP contribution is 2.62. The summed E-state index contributed by atoms with van der Waals surface area (Å²) in [6, 6.07) is 8.05. The van der Waals surface area contributed by atoms with E-state index in [2.05, 4.69) is 15.9 Å². The van der Waals surface area contributed by atoms with Gasteiger partial charge in [0.25, 0.3) is 0 Å². The zero-order valence-electron chi connectivity index (χ0n) is 11.4. The number of hydrogen-bond donors (Lipinski definition) is 2. The molecule has 2 nitrogen and oxygen atoms in total. The van der Waals surface area contributed by atoms with Gasteiger partial charge in [-0.05, 0) is 55.7 Å². The molecule has 0 aliphatic heterocycles. The van der Waals surface area contributed by atoms with Gasteiger partial charge in [-0.1, -0.05) is 34.5 Å². The van der Waals surface area contributed by atoms with Crippen molar-refractivity contribution in [2.45, 2.75) is 38.2 Å². The van der Waals surface area contributed by atoms with E-state index in [1.807, 2.05) is 31.2 Å². The average molecular weight is 324 g/mol. The van der Waals surface area contributed by atoms with Gasteiger partial charge >= 0.3 is 0 Å². The van der Waals surface area contributed by atoms with Gasteiger partial charge in [0.2, 0.25) is 0 Å². The van der Waals surface area contributed by atoms with E-state index in [1.165, 1.54) is 19.3 Å². The molecule has 3 N–H and O–H groups in total. The van der Waals surface area contributed by atoms with Crippen LogP contribution in [0.3, 0.4) is 0 Å². The average Bonchev–Trinajstić information content (AvgIpc) is 3.00. The van der Waals surface area contributed by atoms with Crippen LogP contribution in [0.1, 0.15) is 38.2 Å². The van der Waals surface area contributed by atoms with Crippen LogP contribution in [-0.2, 0) is 5.60 Å². The van der Waals surface area contributed by atoms with Crippen LogP contribution < -0.4 is 5.73 Å². The molecule has 4 atom stereocenters. The molecule has 2 saturated carbocycles. The SMILES string of the molecule is CC(O)(c1ccc(Br)cc1)C1(CN)CC2CCC1C2. The summed E-state index contributed by atoms with van der Waals surface area (Å²) >= 11 is 3.45. The Morgan fingerprint density at radius 1 is 1.37 bits per heavy atom. The Hall–Kier alpha value is -0.380. The van der Waals surface area contributed by atoms with Gasteiger partial charge in [-0.3, -0.25) is 0 Å².